The molecular formula is C18H12FN3O2. The molecule has 0 saturated carbocycles. The zero-order valence-electron chi connectivity index (χ0n) is 12.5. The fourth-order valence-electron chi connectivity index (χ4n) is 2.60. The Morgan fingerprint density at radius 2 is 2.00 bits per heavy atom. The van der Waals surface area contributed by atoms with E-state index >= 15 is 0 Å². The molecule has 0 fully saturated rings. The van der Waals surface area contributed by atoms with Gasteiger partial charge in [-0.2, -0.15) is 5.10 Å². The number of Topliss-reactive ketones (excluding diaryl/α,β-unsaturated/α-hetero) is 1. The summed E-state index contributed by atoms with van der Waals surface area (Å²) in [6.45, 7) is 0.0532. The van der Waals surface area contributed by atoms with Crippen LogP contribution in [0.5, 0.6) is 5.75 Å². The molecule has 1 aliphatic rings. The van der Waals surface area contributed by atoms with Gasteiger partial charge in [0, 0.05) is 5.57 Å². The third kappa shape index (κ3) is 2.48. The molecule has 0 saturated heterocycles. The number of hydrogen-bond acceptors (Lipinski definition) is 4. The Labute approximate surface area is 137 Å². The van der Waals surface area contributed by atoms with Crippen molar-refractivity contribution in [2.24, 2.45) is 0 Å². The van der Waals surface area contributed by atoms with Crippen LogP contribution in [0.2, 0.25) is 0 Å². The van der Waals surface area contributed by atoms with Crippen LogP contribution in [0.15, 0.2) is 60.7 Å². The molecule has 1 aliphatic heterocycles. The van der Waals surface area contributed by atoms with Crippen LogP contribution in [0.3, 0.4) is 0 Å². The number of hydrogen-bond donors (Lipinski definition) is 0. The standard InChI is InChI=1S/C18H12FN3O2/c19-16-3-1-2-15-17(23)13(9-24-18(15)16)8-12-4-6-14(7-5-12)22-11-20-10-21-22/h1-8,10-11H,9H2/b13-8-. The van der Waals surface area contributed by atoms with E-state index in [1.54, 1.807) is 23.2 Å². The number of ketones is 1. The van der Waals surface area contributed by atoms with Gasteiger partial charge in [-0.25, -0.2) is 14.1 Å². The summed E-state index contributed by atoms with van der Waals surface area (Å²) in [5.41, 5.74) is 2.47. The largest absolute Gasteiger partial charge is 0.485 e. The summed E-state index contributed by atoms with van der Waals surface area (Å²) in [4.78, 5) is 16.4. The molecule has 0 unspecified atom stereocenters. The van der Waals surface area contributed by atoms with Crippen LogP contribution in [-0.4, -0.2) is 27.2 Å². The first-order valence-electron chi connectivity index (χ1n) is 7.34. The number of carbonyl (C=O) groups excluding carboxylic acids is 1. The van der Waals surface area contributed by atoms with E-state index in [2.05, 4.69) is 10.1 Å². The van der Waals surface area contributed by atoms with E-state index < -0.39 is 5.82 Å². The van der Waals surface area contributed by atoms with E-state index in [-0.39, 0.29) is 23.7 Å². The summed E-state index contributed by atoms with van der Waals surface area (Å²) in [7, 11) is 0. The van der Waals surface area contributed by atoms with E-state index in [1.807, 2.05) is 24.3 Å². The van der Waals surface area contributed by atoms with E-state index in [0.29, 0.717) is 5.57 Å². The van der Waals surface area contributed by atoms with Crippen molar-refractivity contribution in [3.8, 4) is 11.4 Å². The second-order valence-corrected chi connectivity index (χ2v) is 5.34. The van der Waals surface area contributed by atoms with Crippen LogP contribution < -0.4 is 4.74 Å². The molecule has 5 nitrogen and oxygen atoms in total. The molecule has 0 bridgehead atoms. The number of carbonyl (C=O) groups is 1. The topological polar surface area (TPSA) is 57.0 Å². The van der Waals surface area contributed by atoms with Crippen molar-refractivity contribution in [2.45, 2.75) is 0 Å². The van der Waals surface area contributed by atoms with Crippen LogP contribution >= 0.6 is 0 Å². The summed E-state index contributed by atoms with van der Waals surface area (Å²) in [5.74, 6) is -0.700. The predicted molar refractivity (Wildman–Crippen MR) is 85.6 cm³/mol. The molecule has 3 aromatic rings. The van der Waals surface area contributed by atoms with Crippen molar-refractivity contribution in [3.63, 3.8) is 0 Å². The number of halogens is 1. The van der Waals surface area contributed by atoms with Gasteiger partial charge in [-0.3, -0.25) is 4.79 Å². The fraction of sp³-hybridized carbons (Fsp3) is 0.0556. The van der Waals surface area contributed by atoms with E-state index in [9.17, 15) is 9.18 Å². The Bertz CT molecular complexity index is 931. The van der Waals surface area contributed by atoms with Crippen LogP contribution in [0.1, 0.15) is 15.9 Å². The highest BCUT2D eigenvalue weighted by atomic mass is 19.1. The highest BCUT2D eigenvalue weighted by Gasteiger charge is 2.25. The van der Waals surface area contributed by atoms with Crippen LogP contribution in [0.4, 0.5) is 4.39 Å². The number of aromatic nitrogens is 3. The first-order valence-corrected chi connectivity index (χ1v) is 7.34. The Kier molecular flexibility index (Phi) is 3.42. The maximum absolute atomic E-state index is 13.7. The van der Waals surface area contributed by atoms with Crippen LogP contribution in [0, 0.1) is 5.82 Å². The zero-order valence-corrected chi connectivity index (χ0v) is 12.5. The van der Waals surface area contributed by atoms with Gasteiger partial charge in [-0.1, -0.05) is 18.2 Å². The van der Waals surface area contributed by atoms with Gasteiger partial charge in [0.2, 0.25) is 0 Å². The quantitative estimate of drug-likeness (QED) is 0.681. The van der Waals surface area contributed by atoms with E-state index in [1.165, 1.54) is 18.5 Å². The molecule has 24 heavy (non-hydrogen) atoms. The smallest absolute Gasteiger partial charge is 0.196 e. The van der Waals surface area contributed by atoms with Crippen molar-refractivity contribution in [3.05, 3.63) is 77.6 Å². The van der Waals surface area contributed by atoms with Gasteiger partial charge < -0.3 is 4.74 Å². The Morgan fingerprint density at radius 3 is 2.75 bits per heavy atom. The van der Waals surface area contributed by atoms with Crippen LogP contribution in [-0.2, 0) is 0 Å². The molecule has 6 heteroatoms. The highest BCUT2D eigenvalue weighted by Crippen LogP contribution is 2.30. The molecule has 0 N–H and O–H groups in total. The molecule has 1 aromatic heterocycles. The van der Waals surface area contributed by atoms with Crippen molar-refractivity contribution in [2.75, 3.05) is 6.61 Å². The molecule has 4 rings (SSSR count). The molecule has 0 amide bonds. The summed E-state index contributed by atoms with van der Waals surface area (Å²) in [6.07, 6.45) is 4.82. The Morgan fingerprint density at radius 1 is 1.17 bits per heavy atom. The number of rotatable bonds is 2. The molecule has 0 atom stereocenters. The minimum atomic E-state index is -0.517. The lowest BCUT2D eigenvalue weighted by Gasteiger charge is -2.19. The van der Waals surface area contributed by atoms with Gasteiger partial charge in [-0.15, -0.1) is 0 Å². The summed E-state index contributed by atoms with van der Waals surface area (Å²) < 4.78 is 20.7. The lowest BCUT2D eigenvalue weighted by molar-refractivity contribution is 0.0998. The summed E-state index contributed by atoms with van der Waals surface area (Å²) >= 11 is 0. The third-order valence-corrected chi connectivity index (χ3v) is 3.79. The maximum Gasteiger partial charge on any atom is 0.196 e. The number of para-hydroxylation sites is 1. The van der Waals surface area contributed by atoms with Gasteiger partial charge in [0.15, 0.2) is 17.3 Å². The molecule has 0 spiro atoms. The molecule has 118 valence electrons. The van der Waals surface area contributed by atoms with Crippen molar-refractivity contribution < 1.29 is 13.9 Å². The monoisotopic (exact) mass is 321 g/mol. The minimum absolute atomic E-state index is 0.0289. The Balaban J connectivity index is 1.63. The average Bonchev–Trinajstić information content (AvgIpc) is 3.13. The Hall–Kier alpha value is -3.28. The van der Waals surface area contributed by atoms with E-state index in [0.717, 1.165) is 11.3 Å². The average molecular weight is 321 g/mol. The molecule has 0 aliphatic carbocycles. The fourth-order valence-corrected chi connectivity index (χ4v) is 2.60. The van der Waals surface area contributed by atoms with Gasteiger partial charge >= 0.3 is 0 Å². The maximum atomic E-state index is 13.7. The zero-order chi connectivity index (χ0) is 16.5. The second kappa shape index (κ2) is 5.73. The number of ether oxygens (including phenoxy) is 1. The van der Waals surface area contributed by atoms with Gasteiger partial charge in [0.05, 0.1) is 11.3 Å². The highest BCUT2D eigenvalue weighted by molar-refractivity contribution is 6.14. The lowest BCUT2D eigenvalue weighted by atomic mass is 9.98. The van der Waals surface area contributed by atoms with E-state index in [4.69, 9.17) is 4.74 Å². The molecule has 2 heterocycles. The van der Waals surface area contributed by atoms with Gasteiger partial charge in [0.1, 0.15) is 19.3 Å². The van der Waals surface area contributed by atoms with Crippen LogP contribution in [0.25, 0.3) is 11.8 Å². The van der Waals surface area contributed by atoms with Gasteiger partial charge in [-0.05, 0) is 35.9 Å². The predicted octanol–water partition coefficient (Wildman–Crippen LogP) is 3.07. The number of nitrogens with zero attached hydrogens (tertiary/aromatic N) is 3. The third-order valence-electron chi connectivity index (χ3n) is 3.79. The molecule has 0 radical (unpaired) electrons. The lowest BCUT2D eigenvalue weighted by Crippen LogP contribution is -2.19. The first kappa shape index (κ1) is 14.3. The number of benzene rings is 2. The van der Waals surface area contributed by atoms with Crippen molar-refractivity contribution in [1.29, 1.82) is 0 Å². The first-order chi connectivity index (χ1) is 11.7. The van der Waals surface area contributed by atoms with Crippen molar-refractivity contribution in [1.82, 2.24) is 14.8 Å². The SMILES string of the molecule is O=C1/C(=C\c2ccc(-n3cncn3)cc2)COc2c(F)cccc21. The molecule has 2 aromatic carbocycles. The number of fused-ring (bicyclic) bond motifs is 1. The van der Waals surface area contributed by atoms with Crippen molar-refractivity contribution >= 4 is 11.9 Å². The van der Waals surface area contributed by atoms with Gasteiger partial charge in [0.25, 0.3) is 0 Å². The minimum Gasteiger partial charge on any atom is -0.485 e. The summed E-state index contributed by atoms with van der Waals surface area (Å²) in [5, 5.41) is 4.06. The molecular weight excluding hydrogens is 309 g/mol. The summed E-state index contributed by atoms with van der Waals surface area (Å²) in [6, 6.07) is 11.9. The normalized spacial score (nSPS) is 15.2. The second-order valence-electron chi connectivity index (χ2n) is 5.34.